The molecular weight excluding hydrogens is 140 g/mol. The van der Waals surface area contributed by atoms with Gasteiger partial charge in [-0.05, 0) is 31.9 Å². The van der Waals surface area contributed by atoms with Crippen LogP contribution in [0.3, 0.4) is 0 Å². The summed E-state index contributed by atoms with van der Waals surface area (Å²) in [5.41, 5.74) is 3.06. The maximum atomic E-state index is 4.19. The zero-order chi connectivity index (χ0) is 7.40. The topological polar surface area (TPSA) is 0 Å². The van der Waals surface area contributed by atoms with E-state index >= 15 is 0 Å². The van der Waals surface area contributed by atoms with Crippen molar-refractivity contribution in [3.8, 4) is 0 Å². The normalized spacial score (nSPS) is 18.2. The smallest absolute Gasteiger partial charge is 0.00605 e. The Kier molecular flexibility index (Phi) is 3.07. The molecule has 0 fully saturated rings. The van der Waals surface area contributed by atoms with E-state index in [2.05, 4.69) is 31.7 Å². The van der Waals surface area contributed by atoms with Gasteiger partial charge in [0.05, 0.1) is 0 Å². The molecule has 0 amide bonds. The summed E-state index contributed by atoms with van der Waals surface area (Å²) in [7, 11) is 0. The molecule has 0 saturated carbocycles. The summed E-state index contributed by atoms with van der Waals surface area (Å²) >= 11 is 4.19. The van der Waals surface area contributed by atoms with E-state index in [4.69, 9.17) is 0 Å². The van der Waals surface area contributed by atoms with Gasteiger partial charge in [0.15, 0.2) is 0 Å². The van der Waals surface area contributed by atoms with E-state index in [1.807, 2.05) is 0 Å². The standard InChI is InChI=1S/C9H14S/c1-8-2-4-9(5-3-8)6-7-10/h2,4,10H,3,5-7H2,1H3. The summed E-state index contributed by atoms with van der Waals surface area (Å²) in [4.78, 5) is 0. The van der Waals surface area contributed by atoms with Crippen LogP contribution in [0.2, 0.25) is 0 Å². The predicted octanol–water partition coefficient (Wildman–Crippen LogP) is 2.97. The summed E-state index contributed by atoms with van der Waals surface area (Å²) in [6, 6.07) is 0. The molecule has 0 radical (unpaired) electrons. The molecule has 1 rings (SSSR count). The van der Waals surface area contributed by atoms with Gasteiger partial charge < -0.3 is 0 Å². The van der Waals surface area contributed by atoms with Gasteiger partial charge in [0.2, 0.25) is 0 Å². The van der Waals surface area contributed by atoms with E-state index in [9.17, 15) is 0 Å². The Morgan fingerprint density at radius 2 is 2.20 bits per heavy atom. The van der Waals surface area contributed by atoms with E-state index in [0.717, 1.165) is 12.2 Å². The fourth-order valence-corrected chi connectivity index (χ4v) is 1.42. The number of allylic oxidation sites excluding steroid dienone is 4. The monoisotopic (exact) mass is 154 g/mol. The van der Waals surface area contributed by atoms with Gasteiger partial charge in [0.1, 0.15) is 0 Å². The average Bonchev–Trinajstić information content (AvgIpc) is 1.95. The van der Waals surface area contributed by atoms with Crippen molar-refractivity contribution < 1.29 is 0 Å². The van der Waals surface area contributed by atoms with Crippen LogP contribution in [0.1, 0.15) is 26.2 Å². The van der Waals surface area contributed by atoms with Gasteiger partial charge in [-0.1, -0.05) is 23.3 Å². The zero-order valence-electron chi connectivity index (χ0n) is 6.43. The Morgan fingerprint density at radius 1 is 1.40 bits per heavy atom. The molecular formula is C9H14S. The van der Waals surface area contributed by atoms with Gasteiger partial charge >= 0.3 is 0 Å². The van der Waals surface area contributed by atoms with Crippen LogP contribution in [0, 0.1) is 0 Å². The first-order valence-electron chi connectivity index (χ1n) is 3.79. The summed E-state index contributed by atoms with van der Waals surface area (Å²) in [6.45, 7) is 2.19. The first-order chi connectivity index (χ1) is 4.83. The van der Waals surface area contributed by atoms with Gasteiger partial charge in [-0.15, -0.1) is 0 Å². The minimum Gasteiger partial charge on any atom is -0.179 e. The Morgan fingerprint density at radius 3 is 2.70 bits per heavy atom. The quantitative estimate of drug-likeness (QED) is 0.581. The van der Waals surface area contributed by atoms with E-state index in [1.54, 1.807) is 5.57 Å². The molecule has 0 aromatic rings. The summed E-state index contributed by atoms with van der Waals surface area (Å²) in [6.07, 6.45) is 8.13. The maximum absolute atomic E-state index is 4.19. The Bertz CT molecular complexity index is 162. The van der Waals surface area contributed by atoms with Crippen LogP contribution < -0.4 is 0 Å². The van der Waals surface area contributed by atoms with Crippen molar-refractivity contribution in [3.05, 3.63) is 23.3 Å². The minimum atomic E-state index is 0.985. The minimum absolute atomic E-state index is 0.985. The van der Waals surface area contributed by atoms with Crippen LogP contribution in [0.4, 0.5) is 0 Å². The SMILES string of the molecule is CC1=CC=C(CCS)CC1. The second-order valence-electron chi connectivity index (χ2n) is 2.81. The molecule has 0 aliphatic heterocycles. The molecule has 0 atom stereocenters. The van der Waals surface area contributed by atoms with Crippen molar-refractivity contribution in [1.82, 2.24) is 0 Å². The molecule has 1 aliphatic rings. The van der Waals surface area contributed by atoms with E-state index in [0.29, 0.717) is 0 Å². The molecule has 0 unspecified atom stereocenters. The van der Waals surface area contributed by atoms with Crippen molar-refractivity contribution in [3.63, 3.8) is 0 Å². The van der Waals surface area contributed by atoms with Crippen molar-refractivity contribution in [2.24, 2.45) is 0 Å². The third kappa shape index (κ3) is 2.22. The van der Waals surface area contributed by atoms with Crippen molar-refractivity contribution in [2.75, 3.05) is 5.75 Å². The first-order valence-corrected chi connectivity index (χ1v) is 4.42. The number of hydrogen-bond acceptors (Lipinski definition) is 1. The molecule has 1 heteroatoms. The van der Waals surface area contributed by atoms with Gasteiger partial charge in [0, 0.05) is 0 Å². The summed E-state index contributed by atoms with van der Waals surface area (Å²) < 4.78 is 0. The second-order valence-corrected chi connectivity index (χ2v) is 3.26. The Hall–Kier alpha value is -0.170. The van der Waals surface area contributed by atoms with E-state index < -0.39 is 0 Å². The average molecular weight is 154 g/mol. The molecule has 0 nitrogen and oxygen atoms in total. The van der Waals surface area contributed by atoms with Gasteiger partial charge in [-0.3, -0.25) is 0 Å². The highest BCUT2D eigenvalue weighted by molar-refractivity contribution is 7.80. The van der Waals surface area contributed by atoms with Crippen LogP contribution >= 0.6 is 12.6 Å². The number of thiol groups is 1. The van der Waals surface area contributed by atoms with E-state index in [-0.39, 0.29) is 0 Å². The fraction of sp³-hybridized carbons (Fsp3) is 0.556. The van der Waals surface area contributed by atoms with Crippen molar-refractivity contribution in [1.29, 1.82) is 0 Å². The lowest BCUT2D eigenvalue weighted by atomic mass is 9.98. The third-order valence-corrected chi connectivity index (χ3v) is 2.10. The summed E-state index contributed by atoms with van der Waals surface area (Å²) in [5.74, 6) is 0.985. The highest BCUT2D eigenvalue weighted by Gasteiger charge is 2.00. The molecule has 0 N–H and O–H groups in total. The summed E-state index contributed by atoms with van der Waals surface area (Å²) in [5, 5.41) is 0. The molecule has 1 aliphatic carbocycles. The molecule has 0 spiro atoms. The molecule has 0 heterocycles. The highest BCUT2D eigenvalue weighted by atomic mass is 32.1. The lowest BCUT2D eigenvalue weighted by molar-refractivity contribution is 0.862. The number of hydrogen-bond donors (Lipinski definition) is 1. The number of rotatable bonds is 2. The molecule has 10 heavy (non-hydrogen) atoms. The molecule has 0 aromatic heterocycles. The van der Waals surface area contributed by atoms with Crippen molar-refractivity contribution >= 4 is 12.6 Å². The first kappa shape index (κ1) is 7.93. The predicted molar refractivity (Wildman–Crippen MR) is 49.5 cm³/mol. The van der Waals surface area contributed by atoms with Crippen LogP contribution in [0.15, 0.2) is 23.3 Å². The largest absolute Gasteiger partial charge is 0.179 e. The van der Waals surface area contributed by atoms with Crippen LogP contribution in [-0.4, -0.2) is 5.75 Å². The van der Waals surface area contributed by atoms with Gasteiger partial charge in [-0.2, -0.15) is 12.6 Å². The molecule has 0 saturated heterocycles. The molecule has 0 aromatic carbocycles. The van der Waals surface area contributed by atoms with Gasteiger partial charge in [-0.25, -0.2) is 0 Å². The van der Waals surface area contributed by atoms with Crippen LogP contribution in [0.25, 0.3) is 0 Å². The fourth-order valence-electron chi connectivity index (χ4n) is 1.14. The second kappa shape index (κ2) is 3.87. The lowest BCUT2D eigenvalue weighted by Gasteiger charge is -2.09. The van der Waals surface area contributed by atoms with Crippen LogP contribution in [-0.2, 0) is 0 Å². The van der Waals surface area contributed by atoms with Crippen LogP contribution in [0.5, 0.6) is 0 Å². The van der Waals surface area contributed by atoms with Crippen molar-refractivity contribution in [2.45, 2.75) is 26.2 Å². The van der Waals surface area contributed by atoms with E-state index in [1.165, 1.54) is 18.4 Å². The zero-order valence-corrected chi connectivity index (χ0v) is 7.32. The molecule has 0 bridgehead atoms. The lowest BCUT2D eigenvalue weighted by Crippen LogP contribution is -1.91. The highest BCUT2D eigenvalue weighted by Crippen LogP contribution is 2.19. The van der Waals surface area contributed by atoms with Gasteiger partial charge in [0.25, 0.3) is 0 Å². The third-order valence-electron chi connectivity index (χ3n) is 1.88. The Labute approximate surface area is 68.4 Å². The molecule has 56 valence electrons. The Balaban J connectivity index is 2.47. The maximum Gasteiger partial charge on any atom is -0.00605 e.